The standard InChI is InChI=1S/C24H24N4O3S/c1-3-28-22(20-15-10-16-31-20)26-27-24(28)32-21(17-11-6-5-7-12-17)23(29)25-18-13-8-9-14-19(18)30-4-2/h5-16,21H,3-4H2,1-2H3,(H,25,29). The molecule has 0 aliphatic carbocycles. The predicted octanol–water partition coefficient (Wildman–Crippen LogP) is 5.43. The minimum absolute atomic E-state index is 0.168. The molecule has 7 nitrogen and oxygen atoms in total. The Morgan fingerprint density at radius 2 is 1.84 bits per heavy atom. The van der Waals surface area contributed by atoms with Gasteiger partial charge in [0.15, 0.2) is 16.7 Å². The Morgan fingerprint density at radius 1 is 1.06 bits per heavy atom. The van der Waals surface area contributed by atoms with Gasteiger partial charge in [0.1, 0.15) is 11.0 Å². The number of para-hydroxylation sites is 2. The molecule has 1 amide bonds. The molecule has 4 rings (SSSR count). The zero-order valence-corrected chi connectivity index (χ0v) is 18.7. The van der Waals surface area contributed by atoms with Crippen molar-refractivity contribution in [2.45, 2.75) is 30.8 Å². The van der Waals surface area contributed by atoms with E-state index in [1.54, 1.807) is 6.26 Å². The van der Waals surface area contributed by atoms with Gasteiger partial charge in [-0.1, -0.05) is 54.2 Å². The van der Waals surface area contributed by atoms with Gasteiger partial charge in [0.2, 0.25) is 5.91 Å². The number of hydrogen-bond acceptors (Lipinski definition) is 6. The van der Waals surface area contributed by atoms with Gasteiger partial charge in [-0.2, -0.15) is 0 Å². The lowest BCUT2D eigenvalue weighted by atomic mass is 10.1. The molecule has 0 aliphatic rings. The molecule has 0 radical (unpaired) electrons. The molecule has 0 saturated heterocycles. The van der Waals surface area contributed by atoms with Gasteiger partial charge in [-0.05, 0) is 43.7 Å². The van der Waals surface area contributed by atoms with E-state index in [4.69, 9.17) is 9.15 Å². The Morgan fingerprint density at radius 3 is 2.56 bits per heavy atom. The lowest BCUT2D eigenvalue weighted by molar-refractivity contribution is -0.115. The highest BCUT2D eigenvalue weighted by Gasteiger charge is 2.27. The molecular weight excluding hydrogens is 424 g/mol. The number of rotatable bonds is 9. The van der Waals surface area contributed by atoms with E-state index in [-0.39, 0.29) is 5.91 Å². The van der Waals surface area contributed by atoms with E-state index in [0.29, 0.717) is 41.3 Å². The number of benzene rings is 2. The number of amides is 1. The average molecular weight is 449 g/mol. The first-order valence-electron chi connectivity index (χ1n) is 10.4. The summed E-state index contributed by atoms with van der Waals surface area (Å²) in [5.74, 6) is 1.74. The molecule has 0 fully saturated rings. The molecule has 1 unspecified atom stereocenters. The van der Waals surface area contributed by atoms with E-state index in [2.05, 4.69) is 15.5 Å². The summed E-state index contributed by atoms with van der Waals surface area (Å²) in [5, 5.41) is 11.8. The van der Waals surface area contributed by atoms with Gasteiger partial charge in [-0.25, -0.2) is 0 Å². The van der Waals surface area contributed by atoms with Gasteiger partial charge in [0, 0.05) is 6.54 Å². The lowest BCUT2D eigenvalue weighted by Gasteiger charge is -2.18. The zero-order chi connectivity index (χ0) is 22.3. The minimum Gasteiger partial charge on any atom is -0.492 e. The third-order valence-corrected chi connectivity index (χ3v) is 6.02. The van der Waals surface area contributed by atoms with Crippen molar-refractivity contribution in [3.63, 3.8) is 0 Å². The van der Waals surface area contributed by atoms with Gasteiger partial charge in [0.05, 0.1) is 18.6 Å². The number of hydrogen-bond donors (Lipinski definition) is 1. The second-order valence-electron chi connectivity index (χ2n) is 6.85. The van der Waals surface area contributed by atoms with Crippen molar-refractivity contribution in [3.05, 3.63) is 78.6 Å². The van der Waals surface area contributed by atoms with Crippen molar-refractivity contribution in [1.29, 1.82) is 0 Å². The fraction of sp³-hybridized carbons (Fsp3) is 0.208. The number of nitrogens with one attached hydrogen (secondary N) is 1. The Kier molecular flexibility index (Phi) is 6.91. The van der Waals surface area contributed by atoms with Crippen LogP contribution in [-0.4, -0.2) is 27.3 Å². The van der Waals surface area contributed by atoms with E-state index >= 15 is 0 Å². The van der Waals surface area contributed by atoms with Gasteiger partial charge in [0.25, 0.3) is 0 Å². The molecule has 2 aromatic heterocycles. The summed E-state index contributed by atoms with van der Waals surface area (Å²) in [6.45, 7) is 5.08. The molecule has 1 atom stereocenters. The van der Waals surface area contributed by atoms with Gasteiger partial charge >= 0.3 is 0 Å². The molecule has 0 aliphatic heterocycles. The Hall–Kier alpha value is -3.52. The number of anilines is 1. The Bertz CT molecular complexity index is 1160. The summed E-state index contributed by atoms with van der Waals surface area (Å²) >= 11 is 1.35. The largest absolute Gasteiger partial charge is 0.492 e. The summed E-state index contributed by atoms with van der Waals surface area (Å²) < 4.78 is 13.1. The second-order valence-corrected chi connectivity index (χ2v) is 7.93. The summed E-state index contributed by atoms with van der Waals surface area (Å²) in [6, 6.07) is 20.7. The number of thioether (sulfide) groups is 1. The smallest absolute Gasteiger partial charge is 0.242 e. The van der Waals surface area contributed by atoms with Crippen LogP contribution < -0.4 is 10.1 Å². The van der Waals surface area contributed by atoms with Gasteiger partial charge in [-0.3, -0.25) is 9.36 Å². The van der Waals surface area contributed by atoms with Crippen molar-refractivity contribution >= 4 is 23.4 Å². The molecule has 164 valence electrons. The van der Waals surface area contributed by atoms with Crippen molar-refractivity contribution in [3.8, 4) is 17.3 Å². The summed E-state index contributed by atoms with van der Waals surface area (Å²) in [6.07, 6.45) is 1.60. The normalized spacial score (nSPS) is 11.8. The third-order valence-electron chi connectivity index (χ3n) is 4.78. The van der Waals surface area contributed by atoms with Crippen LogP contribution in [0, 0.1) is 0 Å². The van der Waals surface area contributed by atoms with Crippen molar-refractivity contribution in [2.24, 2.45) is 0 Å². The maximum atomic E-state index is 13.4. The highest BCUT2D eigenvalue weighted by molar-refractivity contribution is 8.00. The van der Waals surface area contributed by atoms with Crippen molar-refractivity contribution in [1.82, 2.24) is 14.8 Å². The minimum atomic E-state index is -0.537. The highest BCUT2D eigenvalue weighted by Crippen LogP contribution is 2.37. The molecule has 2 aromatic carbocycles. The molecule has 1 N–H and O–H groups in total. The molecule has 4 aromatic rings. The molecule has 32 heavy (non-hydrogen) atoms. The van der Waals surface area contributed by atoms with Crippen LogP contribution >= 0.6 is 11.8 Å². The zero-order valence-electron chi connectivity index (χ0n) is 17.9. The monoisotopic (exact) mass is 448 g/mol. The number of aromatic nitrogens is 3. The number of furan rings is 1. The Labute approximate surface area is 190 Å². The maximum Gasteiger partial charge on any atom is 0.242 e. The Balaban J connectivity index is 1.65. The molecule has 0 saturated carbocycles. The first-order valence-corrected chi connectivity index (χ1v) is 11.3. The lowest BCUT2D eigenvalue weighted by Crippen LogP contribution is -2.20. The van der Waals surface area contributed by atoms with E-state index < -0.39 is 5.25 Å². The second kappa shape index (κ2) is 10.2. The van der Waals surface area contributed by atoms with E-state index in [1.807, 2.05) is 85.1 Å². The number of nitrogens with zero attached hydrogens (tertiary/aromatic N) is 3. The summed E-state index contributed by atoms with van der Waals surface area (Å²) in [5.41, 5.74) is 1.50. The number of ether oxygens (including phenoxy) is 1. The first kappa shape index (κ1) is 21.7. The molecule has 0 spiro atoms. The fourth-order valence-corrected chi connectivity index (χ4v) is 4.41. The van der Waals surface area contributed by atoms with Crippen LogP contribution in [0.5, 0.6) is 5.75 Å². The van der Waals surface area contributed by atoms with E-state index in [1.165, 1.54) is 11.8 Å². The molecular formula is C24H24N4O3S. The quantitative estimate of drug-likeness (QED) is 0.344. The van der Waals surface area contributed by atoms with E-state index in [0.717, 1.165) is 5.56 Å². The molecule has 0 bridgehead atoms. The van der Waals surface area contributed by atoms with Crippen molar-refractivity contribution in [2.75, 3.05) is 11.9 Å². The van der Waals surface area contributed by atoms with Crippen LogP contribution in [0.15, 0.2) is 82.6 Å². The van der Waals surface area contributed by atoms with Crippen LogP contribution in [0.4, 0.5) is 5.69 Å². The SMILES string of the molecule is CCOc1ccccc1NC(=O)C(Sc1nnc(-c2ccco2)n1CC)c1ccccc1. The van der Waals surface area contributed by atoms with Crippen molar-refractivity contribution < 1.29 is 13.9 Å². The van der Waals surface area contributed by atoms with Crippen LogP contribution in [0.1, 0.15) is 24.7 Å². The number of carbonyl (C=O) groups excluding carboxylic acids is 1. The van der Waals surface area contributed by atoms with Gasteiger partial charge < -0.3 is 14.5 Å². The topological polar surface area (TPSA) is 82.2 Å². The number of carbonyl (C=O) groups is 1. The van der Waals surface area contributed by atoms with Crippen LogP contribution in [0.25, 0.3) is 11.6 Å². The first-order chi connectivity index (χ1) is 15.7. The summed E-state index contributed by atoms with van der Waals surface area (Å²) in [4.78, 5) is 13.4. The molecule has 8 heteroatoms. The molecule has 2 heterocycles. The fourth-order valence-electron chi connectivity index (χ4n) is 3.30. The van der Waals surface area contributed by atoms with Crippen LogP contribution in [0.2, 0.25) is 0 Å². The van der Waals surface area contributed by atoms with Gasteiger partial charge in [-0.15, -0.1) is 10.2 Å². The predicted molar refractivity (Wildman–Crippen MR) is 125 cm³/mol. The van der Waals surface area contributed by atoms with Crippen LogP contribution in [-0.2, 0) is 11.3 Å². The summed E-state index contributed by atoms with van der Waals surface area (Å²) in [7, 11) is 0. The average Bonchev–Trinajstić information content (AvgIpc) is 3.49. The highest BCUT2D eigenvalue weighted by atomic mass is 32.2. The van der Waals surface area contributed by atoms with Crippen LogP contribution in [0.3, 0.4) is 0 Å². The van der Waals surface area contributed by atoms with E-state index in [9.17, 15) is 4.79 Å². The maximum absolute atomic E-state index is 13.4. The third kappa shape index (κ3) is 4.70.